The van der Waals surface area contributed by atoms with Crippen molar-refractivity contribution in [2.24, 2.45) is 0 Å². The minimum absolute atomic E-state index is 0.327. The first-order valence-corrected chi connectivity index (χ1v) is 11.5. The summed E-state index contributed by atoms with van der Waals surface area (Å²) in [6, 6.07) is 20.1. The van der Waals surface area contributed by atoms with Gasteiger partial charge in [0.2, 0.25) is 0 Å². The number of hydrogen-bond donors (Lipinski definition) is 0. The molecule has 0 saturated carbocycles. The molecule has 1 heterocycles. The van der Waals surface area contributed by atoms with Crippen LogP contribution in [0.3, 0.4) is 0 Å². The molecule has 0 bridgehead atoms. The summed E-state index contributed by atoms with van der Waals surface area (Å²) in [7, 11) is -2.76. The van der Waals surface area contributed by atoms with E-state index >= 15 is 0 Å². The Hall–Kier alpha value is -0.630. The van der Waals surface area contributed by atoms with Gasteiger partial charge in [-0.1, -0.05) is 74.5 Å². The molecule has 1 nitrogen and oxygen atoms in total. The van der Waals surface area contributed by atoms with Gasteiger partial charge < -0.3 is 4.57 Å². The molecule has 0 amide bonds. The van der Waals surface area contributed by atoms with Crippen LogP contribution in [0, 0.1) is 0 Å². The first kappa shape index (κ1) is 17.2. The maximum atomic E-state index is 14.5. The van der Waals surface area contributed by atoms with Gasteiger partial charge in [0, 0.05) is 21.1 Å². The Morgan fingerprint density at radius 2 is 1.26 bits per heavy atom. The fraction of sp³-hybridized carbons (Fsp3) is 0.368. The van der Waals surface area contributed by atoms with Crippen LogP contribution >= 0.6 is 30.7 Å². The largest absolute Gasteiger partial charge is 0.311 e. The van der Waals surface area contributed by atoms with Crippen LogP contribution < -0.4 is 10.6 Å². The second kappa shape index (κ2) is 6.70. The second-order valence-corrected chi connectivity index (χ2v) is 14.0. The van der Waals surface area contributed by atoms with Crippen molar-refractivity contribution in [2.75, 3.05) is 0 Å². The van der Waals surface area contributed by atoms with Crippen molar-refractivity contribution in [1.29, 1.82) is 0 Å². The first-order valence-electron chi connectivity index (χ1n) is 8.03. The van der Waals surface area contributed by atoms with Crippen molar-refractivity contribution in [3.63, 3.8) is 0 Å². The van der Waals surface area contributed by atoms with E-state index < -0.39 is 7.14 Å². The van der Waals surface area contributed by atoms with Gasteiger partial charge in [0.05, 0.1) is 0 Å². The maximum Gasteiger partial charge on any atom is 0.167 e. The van der Waals surface area contributed by atoms with Crippen LogP contribution in [-0.4, -0.2) is 14.3 Å². The van der Waals surface area contributed by atoms with Gasteiger partial charge in [-0.3, -0.25) is 0 Å². The SMILES string of the molecule is C[C@@H]1C[C@H](C)SC(C)(P(=O)(c2ccccc2)c2ccccc2)S1. The van der Waals surface area contributed by atoms with Crippen molar-refractivity contribution >= 4 is 41.3 Å². The minimum atomic E-state index is -2.76. The van der Waals surface area contributed by atoms with Crippen molar-refractivity contribution in [3.8, 4) is 0 Å². The highest BCUT2D eigenvalue weighted by atomic mass is 32.2. The van der Waals surface area contributed by atoms with Crippen molar-refractivity contribution in [2.45, 2.75) is 41.5 Å². The van der Waals surface area contributed by atoms with E-state index in [1.807, 2.05) is 84.2 Å². The van der Waals surface area contributed by atoms with Crippen LogP contribution in [0.5, 0.6) is 0 Å². The molecule has 1 aliphatic heterocycles. The van der Waals surface area contributed by atoms with Crippen LogP contribution in [0.4, 0.5) is 0 Å². The molecule has 1 fully saturated rings. The lowest BCUT2D eigenvalue weighted by molar-refractivity contribution is 0.584. The first-order chi connectivity index (χ1) is 11.0. The van der Waals surface area contributed by atoms with Gasteiger partial charge in [-0.15, -0.1) is 23.5 Å². The Labute approximate surface area is 148 Å². The fourth-order valence-corrected chi connectivity index (χ4v) is 12.9. The van der Waals surface area contributed by atoms with Crippen molar-refractivity contribution < 1.29 is 4.57 Å². The summed E-state index contributed by atoms with van der Waals surface area (Å²) in [5.74, 6) is 0. The number of rotatable bonds is 3. The summed E-state index contributed by atoms with van der Waals surface area (Å²) < 4.78 is 14.2. The molecule has 4 heteroatoms. The van der Waals surface area contributed by atoms with E-state index in [2.05, 4.69) is 20.8 Å². The van der Waals surface area contributed by atoms with Crippen LogP contribution in [0.2, 0.25) is 0 Å². The number of hydrogen-bond acceptors (Lipinski definition) is 3. The lowest BCUT2D eigenvalue weighted by Crippen LogP contribution is -2.36. The topological polar surface area (TPSA) is 17.1 Å². The van der Waals surface area contributed by atoms with E-state index in [1.54, 1.807) is 0 Å². The zero-order chi connectivity index (χ0) is 16.5. The molecule has 3 atom stereocenters. The molecular weight excluding hydrogens is 339 g/mol. The average Bonchev–Trinajstić information content (AvgIpc) is 2.54. The molecule has 1 unspecified atom stereocenters. The lowest BCUT2D eigenvalue weighted by atomic mass is 10.3. The van der Waals surface area contributed by atoms with E-state index in [1.165, 1.54) is 6.42 Å². The molecule has 122 valence electrons. The van der Waals surface area contributed by atoms with Gasteiger partial charge in [0.15, 0.2) is 7.14 Å². The van der Waals surface area contributed by atoms with Gasteiger partial charge in [-0.25, -0.2) is 0 Å². The Kier molecular flexibility index (Phi) is 5.01. The Bertz CT molecular complexity index is 648. The second-order valence-electron chi connectivity index (χ2n) is 6.27. The van der Waals surface area contributed by atoms with Gasteiger partial charge in [-0.2, -0.15) is 0 Å². The predicted molar refractivity (Wildman–Crippen MR) is 107 cm³/mol. The summed E-state index contributed by atoms with van der Waals surface area (Å²) in [6.07, 6.45) is 1.18. The normalized spacial score (nSPS) is 28.5. The summed E-state index contributed by atoms with van der Waals surface area (Å²) in [6.45, 7) is 6.72. The molecule has 2 aromatic carbocycles. The summed E-state index contributed by atoms with van der Waals surface area (Å²) in [5.41, 5.74) is 0. The van der Waals surface area contributed by atoms with Crippen molar-refractivity contribution in [1.82, 2.24) is 0 Å². The monoisotopic (exact) mass is 362 g/mol. The van der Waals surface area contributed by atoms with E-state index in [0.29, 0.717) is 10.5 Å². The Morgan fingerprint density at radius 1 is 0.870 bits per heavy atom. The zero-order valence-electron chi connectivity index (χ0n) is 13.8. The molecule has 0 aromatic heterocycles. The zero-order valence-corrected chi connectivity index (χ0v) is 16.3. The lowest BCUT2D eigenvalue weighted by Gasteiger charge is -2.44. The summed E-state index contributed by atoms with van der Waals surface area (Å²) in [4.78, 5) is 0. The molecule has 0 radical (unpaired) electrons. The van der Waals surface area contributed by atoms with E-state index in [-0.39, 0.29) is 3.82 Å². The fourth-order valence-electron chi connectivity index (χ4n) is 3.38. The van der Waals surface area contributed by atoms with Gasteiger partial charge >= 0.3 is 0 Å². The van der Waals surface area contributed by atoms with Crippen LogP contribution in [0.25, 0.3) is 0 Å². The molecule has 23 heavy (non-hydrogen) atoms. The molecule has 3 rings (SSSR count). The highest BCUT2D eigenvalue weighted by Crippen LogP contribution is 2.70. The Balaban J connectivity index is 2.19. The maximum absolute atomic E-state index is 14.5. The molecular formula is C19H23OPS2. The van der Waals surface area contributed by atoms with Gasteiger partial charge in [0.1, 0.15) is 3.82 Å². The smallest absolute Gasteiger partial charge is 0.167 e. The number of thioether (sulfide) groups is 2. The van der Waals surface area contributed by atoms with Gasteiger partial charge in [-0.05, 0) is 13.3 Å². The number of benzene rings is 2. The molecule has 2 aromatic rings. The highest BCUT2D eigenvalue weighted by molar-refractivity contribution is 8.28. The van der Waals surface area contributed by atoms with E-state index in [0.717, 1.165) is 10.6 Å². The summed E-state index contributed by atoms with van der Waals surface area (Å²) >= 11 is 3.78. The molecule has 0 N–H and O–H groups in total. The standard InChI is InChI=1S/C19H23OPS2/c1-15-14-16(2)23-19(3,22-15)21(20,17-10-6-4-7-11-17)18-12-8-5-9-13-18/h4-13,15-16H,14H2,1-3H3/t15-,16+,19?. The third-order valence-electron chi connectivity index (χ3n) is 4.32. The Morgan fingerprint density at radius 3 is 1.65 bits per heavy atom. The van der Waals surface area contributed by atoms with E-state index in [4.69, 9.17) is 0 Å². The molecule has 1 aliphatic rings. The minimum Gasteiger partial charge on any atom is -0.311 e. The molecule has 1 saturated heterocycles. The van der Waals surface area contributed by atoms with Crippen LogP contribution in [-0.2, 0) is 4.57 Å². The third kappa shape index (κ3) is 3.16. The van der Waals surface area contributed by atoms with Gasteiger partial charge in [0.25, 0.3) is 0 Å². The molecule has 0 spiro atoms. The predicted octanol–water partition coefficient (Wildman–Crippen LogP) is 5.32. The van der Waals surface area contributed by atoms with Crippen LogP contribution in [0.1, 0.15) is 27.2 Å². The quantitative estimate of drug-likeness (QED) is 0.688. The van der Waals surface area contributed by atoms with E-state index in [9.17, 15) is 4.57 Å². The third-order valence-corrected chi connectivity index (χ3v) is 12.3. The average molecular weight is 363 g/mol. The molecule has 0 aliphatic carbocycles. The van der Waals surface area contributed by atoms with Crippen molar-refractivity contribution in [3.05, 3.63) is 60.7 Å². The summed E-state index contributed by atoms with van der Waals surface area (Å²) in [5, 5.41) is 2.99. The van der Waals surface area contributed by atoms with Crippen LogP contribution in [0.15, 0.2) is 60.7 Å². The highest BCUT2D eigenvalue weighted by Gasteiger charge is 2.51.